The number of aromatic nitrogens is 1. The van der Waals surface area contributed by atoms with E-state index in [0.29, 0.717) is 18.2 Å². The number of rotatable bonds is 5. The molecule has 0 aliphatic carbocycles. The Morgan fingerprint density at radius 2 is 2.13 bits per heavy atom. The number of piperidine rings is 1. The van der Waals surface area contributed by atoms with Crippen molar-refractivity contribution in [2.75, 3.05) is 13.2 Å². The molecule has 0 bridgehead atoms. The third-order valence-corrected chi connectivity index (χ3v) is 4.29. The summed E-state index contributed by atoms with van der Waals surface area (Å²) in [4.78, 5) is 6.68. The van der Waals surface area contributed by atoms with Gasteiger partial charge in [0.1, 0.15) is 6.26 Å². The Bertz CT molecular complexity index is 658. The summed E-state index contributed by atoms with van der Waals surface area (Å²) in [5, 5.41) is 9.18. The number of aliphatic hydroxyl groups excluding tert-OH is 1. The molecule has 1 N–H and O–H groups in total. The van der Waals surface area contributed by atoms with Gasteiger partial charge in [-0.3, -0.25) is 4.90 Å². The average Bonchev–Trinajstić information content (AvgIpc) is 3.01. The lowest BCUT2D eigenvalue weighted by molar-refractivity contribution is 0.111. The Balaban J connectivity index is 1.72. The van der Waals surface area contributed by atoms with Crippen LogP contribution in [0, 0.1) is 11.6 Å². The number of aliphatic hydroxyl groups is 1. The summed E-state index contributed by atoms with van der Waals surface area (Å²) in [5.74, 6) is -1.52. The summed E-state index contributed by atoms with van der Waals surface area (Å²) >= 11 is 0. The number of hydrogen-bond donors (Lipinski definition) is 1. The molecule has 3 rings (SSSR count). The first-order valence-corrected chi connectivity index (χ1v) is 7.92. The lowest BCUT2D eigenvalue weighted by atomic mass is 9.99. The minimum atomic E-state index is -0.915. The third kappa shape index (κ3) is 3.76. The van der Waals surface area contributed by atoms with Crippen LogP contribution in [0.4, 0.5) is 8.78 Å². The first kappa shape index (κ1) is 16.1. The van der Waals surface area contributed by atoms with E-state index < -0.39 is 11.6 Å². The van der Waals surface area contributed by atoms with Crippen LogP contribution in [0.15, 0.2) is 28.9 Å². The highest BCUT2D eigenvalue weighted by Gasteiger charge is 2.23. The van der Waals surface area contributed by atoms with Crippen molar-refractivity contribution in [2.24, 2.45) is 0 Å². The van der Waals surface area contributed by atoms with E-state index in [2.05, 4.69) is 9.88 Å². The standard InChI is InChI=1S/C17H20F2N2O2/c18-15-5-4-12(9-16(15)19)17-20-13(11-23-17)10-21-7-2-1-3-14(21)6-8-22/h4-5,9,11,14,22H,1-3,6-8,10H2. The molecule has 1 unspecified atom stereocenters. The van der Waals surface area contributed by atoms with Crippen molar-refractivity contribution >= 4 is 0 Å². The van der Waals surface area contributed by atoms with Gasteiger partial charge in [-0.25, -0.2) is 13.8 Å². The highest BCUT2D eigenvalue weighted by molar-refractivity contribution is 5.53. The van der Waals surface area contributed by atoms with Gasteiger partial charge in [-0.05, 0) is 44.0 Å². The first-order chi connectivity index (χ1) is 11.2. The number of halogens is 2. The molecular formula is C17H20F2N2O2. The van der Waals surface area contributed by atoms with E-state index >= 15 is 0 Å². The second-order valence-corrected chi connectivity index (χ2v) is 5.91. The SMILES string of the molecule is OCCC1CCCCN1Cc1coc(-c2ccc(F)c(F)c2)n1. The molecule has 0 spiro atoms. The van der Waals surface area contributed by atoms with E-state index in [9.17, 15) is 13.9 Å². The number of nitrogens with zero attached hydrogens (tertiary/aromatic N) is 2. The van der Waals surface area contributed by atoms with Crippen molar-refractivity contribution in [3.05, 3.63) is 41.8 Å². The predicted octanol–water partition coefficient (Wildman–Crippen LogP) is 3.36. The Morgan fingerprint density at radius 3 is 2.91 bits per heavy atom. The summed E-state index contributed by atoms with van der Waals surface area (Å²) in [5.41, 5.74) is 1.18. The van der Waals surface area contributed by atoms with Crippen LogP contribution in [0.2, 0.25) is 0 Å². The molecule has 1 aliphatic rings. The molecule has 1 aromatic carbocycles. The minimum Gasteiger partial charge on any atom is -0.444 e. The maximum Gasteiger partial charge on any atom is 0.226 e. The van der Waals surface area contributed by atoms with Crippen molar-refractivity contribution in [3.63, 3.8) is 0 Å². The molecule has 1 aliphatic heterocycles. The minimum absolute atomic E-state index is 0.181. The van der Waals surface area contributed by atoms with Crippen molar-refractivity contribution in [3.8, 4) is 11.5 Å². The Kier molecular flexibility index (Phi) is 5.03. The Morgan fingerprint density at radius 1 is 1.26 bits per heavy atom. The molecule has 4 nitrogen and oxygen atoms in total. The summed E-state index contributed by atoms with van der Waals surface area (Å²) in [6.07, 6.45) is 5.71. The summed E-state index contributed by atoms with van der Waals surface area (Å²) < 4.78 is 31.7. The van der Waals surface area contributed by atoms with E-state index in [0.717, 1.165) is 43.6 Å². The molecule has 0 radical (unpaired) electrons. The molecule has 1 saturated heterocycles. The normalized spacial score (nSPS) is 19.2. The maximum absolute atomic E-state index is 13.3. The van der Waals surface area contributed by atoms with Crippen molar-refractivity contribution in [1.82, 2.24) is 9.88 Å². The number of oxazole rings is 1. The molecule has 1 atom stereocenters. The summed E-state index contributed by atoms with van der Waals surface area (Å²) in [7, 11) is 0. The van der Waals surface area contributed by atoms with Crippen molar-refractivity contribution in [2.45, 2.75) is 38.3 Å². The monoisotopic (exact) mass is 322 g/mol. The predicted molar refractivity (Wildman–Crippen MR) is 81.6 cm³/mol. The van der Waals surface area contributed by atoms with Crippen LogP contribution in [0.25, 0.3) is 11.5 Å². The molecular weight excluding hydrogens is 302 g/mol. The molecule has 0 saturated carbocycles. The summed E-state index contributed by atoms with van der Waals surface area (Å²) in [6.45, 7) is 1.79. The van der Waals surface area contributed by atoms with Gasteiger partial charge < -0.3 is 9.52 Å². The zero-order chi connectivity index (χ0) is 16.2. The fraction of sp³-hybridized carbons (Fsp3) is 0.471. The number of likely N-dealkylation sites (tertiary alicyclic amines) is 1. The highest BCUT2D eigenvalue weighted by atomic mass is 19.2. The van der Waals surface area contributed by atoms with E-state index in [1.165, 1.54) is 12.5 Å². The van der Waals surface area contributed by atoms with Gasteiger partial charge in [0.05, 0.1) is 5.69 Å². The fourth-order valence-electron chi connectivity index (χ4n) is 3.09. The smallest absolute Gasteiger partial charge is 0.226 e. The van der Waals surface area contributed by atoms with Crippen LogP contribution in [0.1, 0.15) is 31.4 Å². The van der Waals surface area contributed by atoms with E-state index in [4.69, 9.17) is 4.42 Å². The zero-order valence-electron chi connectivity index (χ0n) is 12.8. The van der Waals surface area contributed by atoms with Gasteiger partial charge in [0.25, 0.3) is 0 Å². The van der Waals surface area contributed by atoms with Gasteiger partial charge in [-0.15, -0.1) is 0 Å². The second-order valence-electron chi connectivity index (χ2n) is 5.91. The Labute approximate surface area is 133 Å². The maximum atomic E-state index is 13.3. The van der Waals surface area contributed by atoms with Crippen LogP contribution < -0.4 is 0 Å². The molecule has 2 heterocycles. The molecule has 1 aromatic heterocycles. The molecule has 124 valence electrons. The van der Waals surface area contributed by atoms with E-state index in [1.54, 1.807) is 6.26 Å². The second kappa shape index (κ2) is 7.19. The van der Waals surface area contributed by atoms with Crippen LogP contribution in [0.5, 0.6) is 0 Å². The quantitative estimate of drug-likeness (QED) is 0.917. The highest BCUT2D eigenvalue weighted by Crippen LogP contribution is 2.24. The van der Waals surface area contributed by atoms with E-state index in [-0.39, 0.29) is 12.5 Å². The largest absolute Gasteiger partial charge is 0.444 e. The number of hydrogen-bond acceptors (Lipinski definition) is 4. The van der Waals surface area contributed by atoms with Crippen molar-refractivity contribution < 1.29 is 18.3 Å². The van der Waals surface area contributed by atoms with Gasteiger partial charge in [0, 0.05) is 24.8 Å². The molecule has 23 heavy (non-hydrogen) atoms. The van der Waals surface area contributed by atoms with Gasteiger partial charge in [-0.1, -0.05) is 6.42 Å². The first-order valence-electron chi connectivity index (χ1n) is 7.92. The number of benzene rings is 1. The van der Waals surface area contributed by atoms with Crippen LogP contribution in [-0.4, -0.2) is 34.2 Å². The lowest BCUT2D eigenvalue weighted by Crippen LogP contribution is -2.39. The molecule has 1 fully saturated rings. The fourth-order valence-corrected chi connectivity index (χ4v) is 3.09. The van der Waals surface area contributed by atoms with Crippen LogP contribution in [0.3, 0.4) is 0 Å². The molecule has 0 amide bonds. The topological polar surface area (TPSA) is 49.5 Å². The average molecular weight is 322 g/mol. The van der Waals surface area contributed by atoms with Gasteiger partial charge >= 0.3 is 0 Å². The molecule has 6 heteroatoms. The van der Waals surface area contributed by atoms with E-state index in [1.807, 2.05) is 0 Å². The molecule has 2 aromatic rings. The van der Waals surface area contributed by atoms with Gasteiger partial charge in [-0.2, -0.15) is 0 Å². The van der Waals surface area contributed by atoms with Gasteiger partial charge in [0.2, 0.25) is 5.89 Å². The zero-order valence-corrected chi connectivity index (χ0v) is 12.8. The summed E-state index contributed by atoms with van der Waals surface area (Å²) in [6, 6.07) is 3.96. The Hall–Kier alpha value is -1.79. The third-order valence-electron chi connectivity index (χ3n) is 4.29. The van der Waals surface area contributed by atoms with Crippen LogP contribution >= 0.6 is 0 Å². The lowest BCUT2D eigenvalue weighted by Gasteiger charge is -2.34. The van der Waals surface area contributed by atoms with Gasteiger partial charge in [0.15, 0.2) is 11.6 Å². The van der Waals surface area contributed by atoms with Crippen LogP contribution in [-0.2, 0) is 6.54 Å². The van der Waals surface area contributed by atoms with Crippen molar-refractivity contribution in [1.29, 1.82) is 0 Å².